The maximum absolute atomic E-state index is 13.7. The highest BCUT2D eigenvalue weighted by molar-refractivity contribution is 5.72. The van der Waals surface area contributed by atoms with Crippen molar-refractivity contribution >= 4 is 5.97 Å². The van der Waals surface area contributed by atoms with Gasteiger partial charge in [0.2, 0.25) is 0 Å². The number of rotatable bonds is 47. The lowest BCUT2D eigenvalue weighted by Gasteiger charge is -2.21. The van der Waals surface area contributed by atoms with Gasteiger partial charge in [0, 0.05) is 0 Å². The molecule has 0 amide bonds. The van der Waals surface area contributed by atoms with Crippen LogP contribution in [0.3, 0.4) is 0 Å². The zero-order valence-corrected chi connectivity index (χ0v) is 38.3. The van der Waals surface area contributed by atoms with Crippen LogP contribution in [0.25, 0.3) is 0 Å². The summed E-state index contributed by atoms with van der Waals surface area (Å²) in [5.74, 6) is 0.841. The van der Waals surface area contributed by atoms with Crippen LogP contribution in [0, 0.1) is 11.8 Å². The van der Waals surface area contributed by atoms with Crippen molar-refractivity contribution in [3.05, 3.63) is 0 Å². The average Bonchev–Trinajstić information content (AvgIpc) is 3.18. The average molecular weight is 761 g/mol. The number of esters is 1. The van der Waals surface area contributed by atoms with Gasteiger partial charge in [-0.15, -0.1) is 0 Å². The second kappa shape index (κ2) is 46.8. The molecule has 0 aromatic heterocycles. The van der Waals surface area contributed by atoms with Gasteiger partial charge in [-0.2, -0.15) is 0 Å². The first-order chi connectivity index (χ1) is 26.7. The van der Waals surface area contributed by atoms with Crippen LogP contribution in [0.1, 0.15) is 310 Å². The van der Waals surface area contributed by atoms with Gasteiger partial charge in [0.05, 0.1) is 12.5 Å². The van der Waals surface area contributed by atoms with Gasteiger partial charge in [-0.05, 0) is 31.6 Å². The van der Waals surface area contributed by atoms with Crippen molar-refractivity contribution in [2.45, 2.75) is 310 Å². The molecule has 0 aliphatic carbocycles. The highest BCUT2D eigenvalue weighted by Gasteiger charge is 2.21. The fraction of sp³-hybridized carbons (Fsp3) is 0.981. The van der Waals surface area contributed by atoms with E-state index >= 15 is 0 Å². The molecule has 54 heavy (non-hydrogen) atoms. The predicted octanol–water partition coefficient (Wildman–Crippen LogP) is 19.0. The van der Waals surface area contributed by atoms with E-state index in [-0.39, 0.29) is 11.9 Å². The van der Waals surface area contributed by atoms with E-state index in [1.165, 1.54) is 270 Å². The van der Waals surface area contributed by atoms with Gasteiger partial charge < -0.3 is 4.74 Å². The number of hydrogen-bond donors (Lipinski definition) is 0. The summed E-state index contributed by atoms with van der Waals surface area (Å²) >= 11 is 0. The van der Waals surface area contributed by atoms with Crippen LogP contribution in [-0.4, -0.2) is 12.6 Å². The predicted molar refractivity (Wildman–Crippen MR) is 244 cm³/mol. The lowest BCUT2D eigenvalue weighted by molar-refractivity contribution is -0.150. The van der Waals surface area contributed by atoms with E-state index in [0.29, 0.717) is 12.5 Å². The van der Waals surface area contributed by atoms with E-state index in [2.05, 4.69) is 27.7 Å². The SMILES string of the molecule is CCCCCCCCCCCCCCCCC(CCCCCCCCCC)C(=O)OCC(CCCCCCCCCC)CCCCCCCCCCCC. The van der Waals surface area contributed by atoms with E-state index in [1.807, 2.05) is 0 Å². The van der Waals surface area contributed by atoms with Crippen molar-refractivity contribution in [1.29, 1.82) is 0 Å². The molecule has 0 N–H and O–H groups in total. The van der Waals surface area contributed by atoms with Crippen LogP contribution in [0.2, 0.25) is 0 Å². The molecule has 2 unspecified atom stereocenters. The first-order valence-electron chi connectivity index (χ1n) is 25.9. The molecule has 0 aromatic rings. The Morgan fingerprint density at radius 2 is 0.500 bits per heavy atom. The fourth-order valence-electron chi connectivity index (χ4n) is 8.61. The Hall–Kier alpha value is -0.530. The first-order valence-corrected chi connectivity index (χ1v) is 25.9. The van der Waals surface area contributed by atoms with Crippen LogP contribution >= 0.6 is 0 Å². The quantitative estimate of drug-likeness (QED) is 0.0456. The Morgan fingerprint density at radius 3 is 0.741 bits per heavy atom. The Bertz CT molecular complexity index is 688. The standard InChI is InChI=1S/C52H104O2/c1-5-9-13-17-21-25-27-28-29-30-32-36-40-44-48-51(47-43-39-35-24-20-16-12-8-4)52(53)54-49-50(45-41-37-33-23-19-15-11-7-3)46-42-38-34-31-26-22-18-14-10-6-2/h50-51H,5-49H2,1-4H3. The summed E-state index contributed by atoms with van der Waals surface area (Å²) in [5, 5.41) is 0. The molecule has 2 nitrogen and oxygen atoms in total. The van der Waals surface area contributed by atoms with Gasteiger partial charge in [-0.1, -0.05) is 285 Å². The third kappa shape index (κ3) is 41.1. The maximum atomic E-state index is 13.7. The highest BCUT2D eigenvalue weighted by atomic mass is 16.5. The number of ether oxygens (including phenoxy) is 1. The van der Waals surface area contributed by atoms with Crippen LogP contribution in [-0.2, 0) is 9.53 Å². The van der Waals surface area contributed by atoms with Crippen molar-refractivity contribution in [1.82, 2.24) is 0 Å². The Morgan fingerprint density at radius 1 is 0.296 bits per heavy atom. The minimum Gasteiger partial charge on any atom is -0.465 e. The summed E-state index contributed by atoms with van der Waals surface area (Å²) < 4.78 is 6.28. The largest absolute Gasteiger partial charge is 0.465 e. The molecule has 0 heterocycles. The van der Waals surface area contributed by atoms with E-state index in [0.717, 1.165) is 12.8 Å². The van der Waals surface area contributed by atoms with Crippen molar-refractivity contribution in [3.8, 4) is 0 Å². The van der Waals surface area contributed by atoms with Gasteiger partial charge >= 0.3 is 5.97 Å². The zero-order valence-electron chi connectivity index (χ0n) is 38.3. The molecule has 0 rings (SSSR count). The van der Waals surface area contributed by atoms with Crippen LogP contribution in [0.15, 0.2) is 0 Å². The molecule has 2 heteroatoms. The number of unbranched alkanes of at least 4 members (excludes halogenated alkanes) is 36. The van der Waals surface area contributed by atoms with Crippen molar-refractivity contribution < 1.29 is 9.53 Å². The molecule has 0 bridgehead atoms. The smallest absolute Gasteiger partial charge is 0.308 e. The molecule has 2 atom stereocenters. The van der Waals surface area contributed by atoms with E-state index in [4.69, 9.17) is 4.74 Å². The summed E-state index contributed by atoms with van der Waals surface area (Å²) in [6, 6.07) is 0. The monoisotopic (exact) mass is 761 g/mol. The molecule has 0 fully saturated rings. The lowest BCUT2D eigenvalue weighted by atomic mass is 9.93. The van der Waals surface area contributed by atoms with E-state index in [9.17, 15) is 4.79 Å². The zero-order chi connectivity index (χ0) is 39.3. The van der Waals surface area contributed by atoms with Gasteiger partial charge in [0.25, 0.3) is 0 Å². The van der Waals surface area contributed by atoms with E-state index < -0.39 is 0 Å². The second-order valence-corrected chi connectivity index (χ2v) is 18.1. The lowest BCUT2D eigenvalue weighted by Crippen LogP contribution is -2.22. The summed E-state index contributed by atoms with van der Waals surface area (Å²) in [6.07, 6.45) is 59.6. The highest BCUT2D eigenvalue weighted by Crippen LogP contribution is 2.24. The molecule has 0 aromatic carbocycles. The van der Waals surface area contributed by atoms with Gasteiger partial charge in [-0.25, -0.2) is 0 Å². The number of carbonyl (C=O) groups is 1. The molecule has 0 aliphatic rings. The topological polar surface area (TPSA) is 26.3 Å². The molecule has 0 spiro atoms. The van der Waals surface area contributed by atoms with Crippen molar-refractivity contribution in [3.63, 3.8) is 0 Å². The van der Waals surface area contributed by atoms with E-state index in [1.54, 1.807) is 0 Å². The normalized spacial score (nSPS) is 12.7. The molecule has 0 saturated heterocycles. The summed E-state index contributed by atoms with van der Waals surface area (Å²) in [6.45, 7) is 9.90. The number of hydrogen-bond acceptors (Lipinski definition) is 2. The molecule has 0 radical (unpaired) electrons. The van der Waals surface area contributed by atoms with Crippen LogP contribution in [0.4, 0.5) is 0 Å². The molecule has 0 aliphatic heterocycles. The van der Waals surface area contributed by atoms with Crippen molar-refractivity contribution in [2.24, 2.45) is 11.8 Å². The van der Waals surface area contributed by atoms with Crippen LogP contribution in [0.5, 0.6) is 0 Å². The Labute approximate surface area is 343 Å². The second-order valence-electron chi connectivity index (χ2n) is 18.1. The number of carbonyl (C=O) groups excluding carboxylic acids is 1. The molecular formula is C52H104O2. The molecule has 324 valence electrons. The van der Waals surface area contributed by atoms with Gasteiger partial charge in [-0.3, -0.25) is 4.79 Å². The minimum atomic E-state index is 0.128. The summed E-state index contributed by atoms with van der Waals surface area (Å²) in [7, 11) is 0. The first kappa shape index (κ1) is 53.5. The van der Waals surface area contributed by atoms with Gasteiger partial charge in [0.1, 0.15) is 0 Å². The Balaban J connectivity index is 4.71. The summed E-state index contributed by atoms with van der Waals surface area (Å²) in [4.78, 5) is 13.7. The third-order valence-corrected chi connectivity index (χ3v) is 12.5. The molecular weight excluding hydrogens is 657 g/mol. The Kier molecular flexibility index (Phi) is 46.4. The van der Waals surface area contributed by atoms with Crippen LogP contribution < -0.4 is 0 Å². The minimum absolute atomic E-state index is 0.128. The third-order valence-electron chi connectivity index (χ3n) is 12.5. The molecule has 0 saturated carbocycles. The van der Waals surface area contributed by atoms with Gasteiger partial charge in [0.15, 0.2) is 0 Å². The van der Waals surface area contributed by atoms with Crippen molar-refractivity contribution in [2.75, 3.05) is 6.61 Å². The fourth-order valence-corrected chi connectivity index (χ4v) is 8.61. The summed E-state index contributed by atoms with van der Waals surface area (Å²) in [5.41, 5.74) is 0. The maximum Gasteiger partial charge on any atom is 0.308 e.